The summed E-state index contributed by atoms with van der Waals surface area (Å²) in [6, 6.07) is 9.98. The molecule has 2 heterocycles. The number of para-hydroxylation sites is 1. The largest absolute Gasteiger partial charge is 0.490 e. The number of rotatable bonds is 5. The molecular formula is C19H31IN4O3S. The summed E-state index contributed by atoms with van der Waals surface area (Å²) in [6.45, 7) is 4.70. The monoisotopic (exact) mass is 522 g/mol. The summed E-state index contributed by atoms with van der Waals surface area (Å²) >= 11 is 0. The van der Waals surface area contributed by atoms with Crippen molar-refractivity contribution in [3.63, 3.8) is 0 Å². The predicted octanol–water partition coefficient (Wildman–Crippen LogP) is 1.45. The summed E-state index contributed by atoms with van der Waals surface area (Å²) in [5, 5.41) is 3.42. The molecular weight excluding hydrogens is 491 g/mol. The molecule has 0 atom stereocenters. The molecule has 7 nitrogen and oxygen atoms in total. The van der Waals surface area contributed by atoms with E-state index in [1.54, 1.807) is 0 Å². The molecule has 0 aromatic heterocycles. The normalized spacial score (nSPS) is 21.0. The van der Waals surface area contributed by atoms with Gasteiger partial charge in [0.05, 0.1) is 11.5 Å². The fourth-order valence-electron chi connectivity index (χ4n) is 3.51. The summed E-state index contributed by atoms with van der Waals surface area (Å²) in [4.78, 5) is 8.87. The lowest BCUT2D eigenvalue weighted by Crippen LogP contribution is -2.50. The molecule has 0 saturated carbocycles. The first-order valence-electron chi connectivity index (χ1n) is 9.66. The number of piperidine rings is 1. The van der Waals surface area contributed by atoms with Crippen LogP contribution in [0.4, 0.5) is 0 Å². The maximum Gasteiger partial charge on any atom is 0.193 e. The van der Waals surface area contributed by atoms with Gasteiger partial charge in [0.1, 0.15) is 11.9 Å². The minimum Gasteiger partial charge on any atom is -0.490 e. The molecule has 0 bridgehead atoms. The number of sulfone groups is 1. The van der Waals surface area contributed by atoms with Gasteiger partial charge in [0, 0.05) is 59.2 Å². The third kappa shape index (κ3) is 7.07. The Kier molecular flexibility index (Phi) is 9.29. The number of aliphatic imine (C=N–C) groups is 1. The molecule has 0 aliphatic carbocycles. The SMILES string of the molecule is CN=C(NCCN1CCS(=O)(=O)CC1)N1CCC(Oc2ccccc2)CC1.I. The molecule has 3 rings (SSSR count). The second kappa shape index (κ2) is 11.2. The Bertz CT molecular complexity index is 708. The summed E-state index contributed by atoms with van der Waals surface area (Å²) in [6.07, 6.45) is 2.19. The average Bonchev–Trinajstić information content (AvgIpc) is 2.68. The molecule has 0 amide bonds. The number of nitrogens with one attached hydrogen (secondary N) is 1. The van der Waals surface area contributed by atoms with Crippen molar-refractivity contribution in [3.05, 3.63) is 30.3 Å². The Morgan fingerprint density at radius 3 is 2.39 bits per heavy atom. The lowest BCUT2D eigenvalue weighted by molar-refractivity contribution is 0.129. The fraction of sp³-hybridized carbons (Fsp3) is 0.632. The van der Waals surface area contributed by atoms with Crippen molar-refractivity contribution in [1.29, 1.82) is 0 Å². The van der Waals surface area contributed by atoms with Crippen LogP contribution in [-0.2, 0) is 9.84 Å². The lowest BCUT2D eigenvalue weighted by Gasteiger charge is -2.34. The van der Waals surface area contributed by atoms with Crippen molar-refractivity contribution in [2.24, 2.45) is 4.99 Å². The van der Waals surface area contributed by atoms with E-state index in [1.807, 2.05) is 37.4 Å². The molecule has 1 N–H and O–H groups in total. The molecule has 2 aliphatic rings. The molecule has 2 saturated heterocycles. The summed E-state index contributed by atoms with van der Waals surface area (Å²) in [7, 11) is -1.00. The van der Waals surface area contributed by atoms with Gasteiger partial charge in [0.15, 0.2) is 15.8 Å². The van der Waals surface area contributed by atoms with Crippen LogP contribution in [0.3, 0.4) is 0 Å². The van der Waals surface area contributed by atoms with Gasteiger partial charge in [0.2, 0.25) is 0 Å². The molecule has 9 heteroatoms. The zero-order valence-corrected chi connectivity index (χ0v) is 19.6. The van der Waals surface area contributed by atoms with Crippen LogP contribution in [0.15, 0.2) is 35.3 Å². The second-order valence-corrected chi connectivity index (χ2v) is 9.39. The first-order chi connectivity index (χ1) is 13.1. The van der Waals surface area contributed by atoms with Gasteiger partial charge in [-0.1, -0.05) is 18.2 Å². The number of nitrogens with zero attached hydrogens (tertiary/aromatic N) is 3. The van der Waals surface area contributed by atoms with Crippen molar-refractivity contribution in [2.75, 3.05) is 57.8 Å². The molecule has 1 aromatic rings. The number of likely N-dealkylation sites (tertiary alicyclic amines) is 1. The second-order valence-electron chi connectivity index (χ2n) is 7.08. The third-order valence-corrected chi connectivity index (χ3v) is 6.76. The van der Waals surface area contributed by atoms with E-state index in [2.05, 4.69) is 20.1 Å². The van der Waals surface area contributed by atoms with E-state index in [4.69, 9.17) is 4.74 Å². The molecule has 2 aliphatic heterocycles. The van der Waals surface area contributed by atoms with Crippen LogP contribution in [0.25, 0.3) is 0 Å². The van der Waals surface area contributed by atoms with E-state index in [0.717, 1.165) is 50.7 Å². The highest BCUT2D eigenvalue weighted by molar-refractivity contribution is 14.0. The van der Waals surface area contributed by atoms with Crippen LogP contribution < -0.4 is 10.1 Å². The van der Waals surface area contributed by atoms with Gasteiger partial charge in [-0.3, -0.25) is 9.89 Å². The fourth-order valence-corrected chi connectivity index (χ4v) is 4.79. The maximum atomic E-state index is 11.5. The van der Waals surface area contributed by atoms with Crippen molar-refractivity contribution in [3.8, 4) is 5.75 Å². The summed E-state index contributed by atoms with van der Waals surface area (Å²) < 4.78 is 29.0. The summed E-state index contributed by atoms with van der Waals surface area (Å²) in [5.41, 5.74) is 0. The van der Waals surface area contributed by atoms with Crippen LogP contribution in [0.1, 0.15) is 12.8 Å². The molecule has 2 fully saturated rings. The van der Waals surface area contributed by atoms with E-state index in [-0.39, 0.29) is 41.6 Å². The standard InChI is InChI=1S/C19H30N4O3S.HI/c1-20-19(21-9-12-22-13-15-27(24,25)16-14-22)23-10-7-18(8-11-23)26-17-5-3-2-4-6-17;/h2-6,18H,7-16H2,1H3,(H,20,21);1H. The van der Waals surface area contributed by atoms with E-state index >= 15 is 0 Å². The Labute approximate surface area is 185 Å². The van der Waals surface area contributed by atoms with Crippen LogP contribution in [0, 0.1) is 0 Å². The first kappa shape index (κ1) is 23.2. The van der Waals surface area contributed by atoms with Gasteiger partial charge in [-0.2, -0.15) is 0 Å². The minimum absolute atomic E-state index is 0. The highest BCUT2D eigenvalue weighted by Gasteiger charge is 2.24. The number of halogens is 1. The zero-order valence-electron chi connectivity index (χ0n) is 16.4. The van der Waals surface area contributed by atoms with Crippen molar-refractivity contribution < 1.29 is 13.2 Å². The Morgan fingerprint density at radius 2 is 1.79 bits per heavy atom. The smallest absolute Gasteiger partial charge is 0.193 e. The van der Waals surface area contributed by atoms with Crippen LogP contribution in [0.5, 0.6) is 5.75 Å². The van der Waals surface area contributed by atoms with Crippen molar-refractivity contribution in [2.45, 2.75) is 18.9 Å². The number of ether oxygens (including phenoxy) is 1. The minimum atomic E-state index is -2.81. The average molecular weight is 522 g/mol. The van der Waals surface area contributed by atoms with Gasteiger partial charge in [-0.25, -0.2) is 8.42 Å². The Balaban J connectivity index is 0.00000280. The molecule has 0 unspecified atom stereocenters. The quantitative estimate of drug-likeness (QED) is 0.359. The van der Waals surface area contributed by atoms with Gasteiger partial charge in [-0.05, 0) is 12.1 Å². The van der Waals surface area contributed by atoms with E-state index in [0.29, 0.717) is 13.1 Å². The third-order valence-electron chi connectivity index (χ3n) is 5.15. The van der Waals surface area contributed by atoms with E-state index in [1.165, 1.54) is 0 Å². The predicted molar refractivity (Wildman–Crippen MR) is 124 cm³/mol. The van der Waals surface area contributed by atoms with Gasteiger partial charge in [-0.15, -0.1) is 24.0 Å². The number of hydrogen-bond acceptors (Lipinski definition) is 5. The molecule has 0 radical (unpaired) electrons. The van der Waals surface area contributed by atoms with Crippen molar-refractivity contribution >= 4 is 39.8 Å². The molecule has 28 heavy (non-hydrogen) atoms. The molecule has 0 spiro atoms. The molecule has 1 aromatic carbocycles. The number of benzene rings is 1. The van der Waals surface area contributed by atoms with Gasteiger partial charge in [0.25, 0.3) is 0 Å². The van der Waals surface area contributed by atoms with E-state index < -0.39 is 9.84 Å². The van der Waals surface area contributed by atoms with Crippen LogP contribution >= 0.6 is 24.0 Å². The maximum absolute atomic E-state index is 11.5. The first-order valence-corrected chi connectivity index (χ1v) is 11.5. The van der Waals surface area contributed by atoms with Crippen molar-refractivity contribution in [1.82, 2.24) is 15.1 Å². The summed E-state index contributed by atoms with van der Waals surface area (Å²) in [5.74, 6) is 2.40. The van der Waals surface area contributed by atoms with Gasteiger partial charge < -0.3 is 15.0 Å². The van der Waals surface area contributed by atoms with Gasteiger partial charge >= 0.3 is 0 Å². The number of guanidine groups is 1. The Hall–Kier alpha value is -1.07. The Morgan fingerprint density at radius 1 is 1.14 bits per heavy atom. The zero-order chi connectivity index (χ0) is 19.1. The topological polar surface area (TPSA) is 74.2 Å². The highest BCUT2D eigenvalue weighted by atomic mass is 127. The molecule has 158 valence electrons. The van der Waals surface area contributed by atoms with E-state index in [9.17, 15) is 8.42 Å². The van der Waals surface area contributed by atoms with Crippen LogP contribution in [-0.4, -0.2) is 88.1 Å². The van der Waals surface area contributed by atoms with Crippen LogP contribution in [0.2, 0.25) is 0 Å². The highest BCUT2D eigenvalue weighted by Crippen LogP contribution is 2.18. The lowest BCUT2D eigenvalue weighted by atomic mass is 10.1. The number of hydrogen-bond donors (Lipinski definition) is 1.